The maximum Gasteiger partial charge on any atom is 0.0437 e. The second-order valence-corrected chi connectivity index (χ2v) is 5.09. The van der Waals surface area contributed by atoms with E-state index >= 15 is 0 Å². The van der Waals surface area contributed by atoms with Gasteiger partial charge in [-0.3, -0.25) is 0 Å². The summed E-state index contributed by atoms with van der Waals surface area (Å²) in [7, 11) is 2.13. The minimum Gasteiger partial charge on any atom is -0.370 e. The van der Waals surface area contributed by atoms with Crippen molar-refractivity contribution in [3.8, 4) is 0 Å². The summed E-state index contributed by atoms with van der Waals surface area (Å²) in [5.74, 6) is 0. The Labute approximate surface area is 111 Å². The summed E-state index contributed by atoms with van der Waals surface area (Å²) in [5, 5.41) is 0. The van der Waals surface area contributed by atoms with Crippen LogP contribution >= 0.6 is 15.9 Å². The third-order valence-corrected chi connectivity index (χ3v) is 3.67. The van der Waals surface area contributed by atoms with Crippen LogP contribution in [0.4, 0.5) is 5.69 Å². The summed E-state index contributed by atoms with van der Waals surface area (Å²) in [6.45, 7) is 3.05. The van der Waals surface area contributed by atoms with Gasteiger partial charge in [-0.15, -0.1) is 0 Å². The van der Waals surface area contributed by atoms with E-state index < -0.39 is 0 Å². The van der Waals surface area contributed by atoms with Crippen LogP contribution in [-0.2, 0) is 6.54 Å². The average Bonchev–Trinajstić information content (AvgIpc) is 2.32. The molecule has 2 heteroatoms. The van der Waals surface area contributed by atoms with Gasteiger partial charge in [0.15, 0.2) is 0 Å². The average molecular weight is 290 g/mol. The zero-order valence-electron chi connectivity index (χ0n) is 10.2. The van der Waals surface area contributed by atoms with Gasteiger partial charge in [-0.2, -0.15) is 0 Å². The third kappa shape index (κ3) is 2.89. The van der Waals surface area contributed by atoms with Crippen LogP contribution in [0.25, 0.3) is 0 Å². The molecule has 1 nitrogen and oxygen atoms in total. The molecule has 2 rings (SSSR count). The first kappa shape index (κ1) is 12.2. The summed E-state index contributed by atoms with van der Waals surface area (Å²) < 4.78 is 1.17. The molecule has 0 saturated carbocycles. The monoisotopic (exact) mass is 289 g/mol. The largest absolute Gasteiger partial charge is 0.370 e. The Morgan fingerprint density at radius 3 is 2.35 bits per heavy atom. The van der Waals surface area contributed by atoms with Crippen molar-refractivity contribution in [1.82, 2.24) is 0 Å². The Kier molecular flexibility index (Phi) is 3.85. The van der Waals surface area contributed by atoms with Crippen LogP contribution in [0.15, 0.2) is 53.0 Å². The van der Waals surface area contributed by atoms with Gasteiger partial charge in [0.1, 0.15) is 0 Å². The molecule has 0 spiro atoms. The number of anilines is 1. The molecule has 0 radical (unpaired) electrons. The van der Waals surface area contributed by atoms with Crippen LogP contribution in [0.2, 0.25) is 0 Å². The van der Waals surface area contributed by atoms with Gasteiger partial charge in [0.05, 0.1) is 0 Å². The molecular weight excluding hydrogens is 274 g/mol. The number of hydrogen-bond donors (Lipinski definition) is 0. The molecular formula is C15H16BrN. The van der Waals surface area contributed by atoms with Crippen LogP contribution in [0.1, 0.15) is 11.1 Å². The van der Waals surface area contributed by atoms with E-state index in [4.69, 9.17) is 0 Å². The quantitative estimate of drug-likeness (QED) is 0.810. The first-order chi connectivity index (χ1) is 8.18. The molecule has 0 unspecified atom stereocenters. The SMILES string of the molecule is Cc1ccccc1N(C)Cc1ccccc1Br. The van der Waals surface area contributed by atoms with Gasteiger partial charge in [0.2, 0.25) is 0 Å². The molecule has 0 N–H and O–H groups in total. The van der Waals surface area contributed by atoms with E-state index in [1.54, 1.807) is 0 Å². The van der Waals surface area contributed by atoms with Gasteiger partial charge >= 0.3 is 0 Å². The first-order valence-electron chi connectivity index (χ1n) is 5.68. The normalized spacial score (nSPS) is 10.3. The van der Waals surface area contributed by atoms with Crippen LogP contribution in [-0.4, -0.2) is 7.05 Å². The number of para-hydroxylation sites is 1. The minimum absolute atomic E-state index is 0.909. The van der Waals surface area contributed by atoms with E-state index in [-0.39, 0.29) is 0 Å². The molecule has 2 aromatic rings. The molecule has 17 heavy (non-hydrogen) atoms. The van der Waals surface area contributed by atoms with Crippen molar-refractivity contribution < 1.29 is 0 Å². The molecule has 0 aromatic heterocycles. The fourth-order valence-corrected chi connectivity index (χ4v) is 2.37. The second-order valence-electron chi connectivity index (χ2n) is 4.23. The van der Waals surface area contributed by atoms with Crippen LogP contribution in [0, 0.1) is 6.92 Å². The molecule has 0 bridgehead atoms. The topological polar surface area (TPSA) is 3.24 Å². The van der Waals surface area contributed by atoms with Crippen LogP contribution < -0.4 is 4.90 Å². The highest BCUT2D eigenvalue weighted by atomic mass is 79.9. The van der Waals surface area contributed by atoms with E-state index in [2.05, 4.69) is 77.3 Å². The number of nitrogens with zero attached hydrogens (tertiary/aromatic N) is 1. The van der Waals surface area contributed by atoms with Crippen molar-refractivity contribution >= 4 is 21.6 Å². The number of halogens is 1. The third-order valence-electron chi connectivity index (χ3n) is 2.89. The Morgan fingerprint density at radius 1 is 1.00 bits per heavy atom. The van der Waals surface area contributed by atoms with Gasteiger partial charge < -0.3 is 4.90 Å². The predicted molar refractivity (Wildman–Crippen MR) is 77.4 cm³/mol. The predicted octanol–water partition coefficient (Wildman–Crippen LogP) is 4.39. The zero-order valence-corrected chi connectivity index (χ0v) is 11.7. The van der Waals surface area contributed by atoms with E-state index in [9.17, 15) is 0 Å². The van der Waals surface area contributed by atoms with Crippen molar-refractivity contribution in [2.45, 2.75) is 13.5 Å². The molecule has 2 aromatic carbocycles. The van der Waals surface area contributed by atoms with E-state index in [0.717, 1.165) is 6.54 Å². The van der Waals surface area contributed by atoms with Crippen molar-refractivity contribution in [2.75, 3.05) is 11.9 Å². The highest BCUT2D eigenvalue weighted by molar-refractivity contribution is 9.10. The molecule has 0 aliphatic carbocycles. The second kappa shape index (κ2) is 5.37. The Hall–Kier alpha value is -1.28. The molecule has 0 aliphatic heterocycles. The first-order valence-corrected chi connectivity index (χ1v) is 6.48. The van der Waals surface area contributed by atoms with Crippen molar-refractivity contribution in [3.63, 3.8) is 0 Å². The number of aryl methyl sites for hydroxylation is 1. The zero-order chi connectivity index (χ0) is 12.3. The number of hydrogen-bond acceptors (Lipinski definition) is 1. The Balaban J connectivity index is 2.20. The van der Waals surface area contributed by atoms with E-state index in [1.807, 2.05) is 6.07 Å². The summed E-state index contributed by atoms with van der Waals surface area (Å²) >= 11 is 3.59. The fourth-order valence-electron chi connectivity index (χ4n) is 1.96. The lowest BCUT2D eigenvalue weighted by Crippen LogP contribution is -2.17. The number of rotatable bonds is 3. The van der Waals surface area contributed by atoms with Gasteiger partial charge in [-0.1, -0.05) is 52.3 Å². The van der Waals surface area contributed by atoms with Gasteiger partial charge in [0, 0.05) is 23.8 Å². The Bertz CT molecular complexity index is 508. The summed E-state index contributed by atoms with van der Waals surface area (Å²) in [6.07, 6.45) is 0. The lowest BCUT2D eigenvalue weighted by atomic mass is 10.1. The van der Waals surface area contributed by atoms with Crippen LogP contribution in [0.5, 0.6) is 0 Å². The number of benzene rings is 2. The Morgan fingerprint density at radius 2 is 1.65 bits per heavy atom. The molecule has 0 atom stereocenters. The molecule has 88 valence electrons. The van der Waals surface area contributed by atoms with Gasteiger partial charge in [0.25, 0.3) is 0 Å². The minimum atomic E-state index is 0.909. The molecule has 0 aliphatic rings. The van der Waals surface area contributed by atoms with Crippen molar-refractivity contribution in [1.29, 1.82) is 0 Å². The smallest absolute Gasteiger partial charge is 0.0437 e. The standard InChI is InChI=1S/C15H16BrN/c1-12-7-3-6-10-15(12)17(2)11-13-8-4-5-9-14(13)16/h3-10H,11H2,1-2H3. The lowest BCUT2D eigenvalue weighted by molar-refractivity contribution is 0.913. The lowest BCUT2D eigenvalue weighted by Gasteiger charge is -2.22. The van der Waals surface area contributed by atoms with Gasteiger partial charge in [-0.05, 0) is 30.2 Å². The summed E-state index contributed by atoms with van der Waals surface area (Å²) in [5.41, 5.74) is 3.89. The molecule has 0 fully saturated rings. The highest BCUT2D eigenvalue weighted by Crippen LogP contribution is 2.23. The molecule has 0 saturated heterocycles. The van der Waals surface area contributed by atoms with Crippen molar-refractivity contribution in [2.24, 2.45) is 0 Å². The van der Waals surface area contributed by atoms with Crippen LogP contribution in [0.3, 0.4) is 0 Å². The fraction of sp³-hybridized carbons (Fsp3) is 0.200. The van der Waals surface area contributed by atoms with Gasteiger partial charge in [-0.25, -0.2) is 0 Å². The highest BCUT2D eigenvalue weighted by Gasteiger charge is 2.06. The molecule has 0 amide bonds. The maximum absolute atomic E-state index is 3.59. The van der Waals surface area contributed by atoms with Crippen molar-refractivity contribution in [3.05, 3.63) is 64.1 Å². The van der Waals surface area contributed by atoms with E-state index in [1.165, 1.54) is 21.3 Å². The summed E-state index contributed by atoms with van der Waals surface area (Å²) in [6, 6.07) is 16.8. The molecule has 0 heterocycles. The maximum atomic E-state index is 3.59. The van der Waals surface area contributed by atoms with E-state index in [0.29, 0.717) is 0 Å². The summed E-state index contributed by atoms with van der Waals surface area (Å²) in [4.78, 5) is 2.27.